The normalized spacial score (nSPS) is 15.3. The second kappa shape index (κ2) is 10.2. The van der Waals surface area contributed by atoms with Crippen molar-refractivity contribution in [3.63, 3.8) is 0 Å². The second-order valence-corrected chi connectivity index (χ2v) is 7.08. The minimum atomic E-state index is -0.434. The van der Waals surface area contributed by atoms with E-state index in [2.05, 4.69) is 15.4 Å². The molecule has 0 unspecified atom stereocenters. The quantitative estimate of drug-likeness (QED) is 0.580. The zero-order valence-electron chi connectivity index (χ0n) is 17.1. The molecule has 0 aliphatic carbocycles. The summed E-state index contributed by atoms with van der Waals surface area (Å²) in [4.78, 5) is 28.7. The molecule has 9 heteroatoms. The number of rotatable bonds is 6. The van der Waals surface area contributed by atoms with Gasteiger partial charge in [0.15, 0.2) is 5.69 Å². The topological polar surface area (TPSA) is 100 Å². The number of carbonyl (C=O) groups is 2. The molecule has 1 aliphatic rings. The van der Waals surface area contributed by atoms with Crippen molar-refractivity contribution in [2.45, 2.75) is 45.6 Å². The van der Waals surface area contributed by atoms with E-state index in [1.807, 2.05) is 11.6 Å². The summed E-state index contributed by atoms with van der Waals surface area (Å²) >= 11 is 0. The van der Waals surface area contributed by atoms with Crippen molar-refractivity contribution < 1.29 is 19.1 Å². The molecule has 0 saturated carbocycles. The summed E-state index contributed by atoms with van der Waals surface area (Å²) in [5.74, 6) is -0.497. The maximum Gasteiger partial charge on any atom is 0.358 e. The highest BCUT2D eigenvalue weighted by atomic mass is 16.5. The number of nitrogens with one attached hydrogen (secondary N) is 1. The minimum absolute atomic E-state index is 0.0634. The van der Waals surface area contributed by atoms with Gasteiger partial charge in [-0.25, -0.2) is 9.78 Å². The summed E-state index contributed by atoms with van der Waals surface area (Å²) in [6, 6.07) is 0. The third kappa shape index (κ3) is 5.44. The summed E-state index contributed by atoms with van der Waals surface area (Å²) in [6.45, 7) is 4.76. The number of carbonyl (C=O) groups excluding carboxylic acids is 2. The standard InChI is InChI=1S/C20H29N5O4/c1-3-15-18-17(7-4-10-28-11-5-8-21-19(18)26)25(23-15)9-6-12-29-20(27)16-13-24(2)14-22-16/h13-14H,3-12H2,1-2H3,(H,21,26). The number of fused-ring (bicyclic) bond motifs is 1. The Morgan fingerprint density at radius 3 is 2.93 bits per heavy atom. The minimum Gasteiger partial charge on any atom is -0.461 e. The van der Waals surface area contributed by atoms with Crippen LogP contribution in [0.5, 0.6) is 0 Å². The molecule has 9 nitrogen and oxygen atoms in total. The van der Waals surface area contributed by atoms with Crippen molar-refractivity contribution in [1.82, 2.24) is 24.6 Å². The zero-order valence-corrected chi connectivity index (χ0v) is 17.1. The van der Waals surface area contributed by atoms with E-state index in [0.29, 0.717) is 50.4 Å². The summed E-state index contributed by atoms with van der Waals surface area (Å²) in [6.07, 6.45) is 6.85. The highest BCUT2D eigenvalue weighted by molar-refractivity contribution is 5.96. The van der Waals surface area contributed by atoms with Crippen LogP contribution in [0, 0.1) is 0 Å². The highest BCUT2D eigenvalue weighted by Crippen LogP contribution is 2.19. The summed E-state index contributed by atoms with van der Waals surface area (Å²) in [5, 5.41) is 7.64. The SMILES string of the molecule is CCc1nn(CCCOC(=O)c2cn(C)cn2)c2c1C(=O)NCCCOCCC2. The molecule has 1 aliphatic heterocycles. The molecule has 3 heterocycles. The molecule has 0 atom stereocenters. The van der Waals surface area contributed by atoms with Gasteiger partial charge in [0.2, 0.25) is 0 Å². The number of hydrogen-bond donors (Lipinski definition) is 1. The second-order valence-electron chi connectivity index (χ2n) is 7.08. The van der Waals surface area contributed by atoms with Crippen molar-refractivity contribution in [1.29, 1.82) is 0 Å². The van der Waals surface area contributed by atoms with Gasteiger partial charge in [-0.15, -0.1) is 0 Å². The lowest BCUT2D eigenvalue weighted by molar-refractivity contribution is 0.0488. The average Bonchev–Trinajstić information content (AvgIpc) is 3.29. The van der Waals surface area contributed by atoms with Crippen LogP contribution in [0.3, 0.4) is 0 Å². The first-order valence-corrected chi connectivity index (χ1v) is 10.2. The van der Waals surface area contributed by atoms with Gasteiger partial charge in [-0.2, -0.15) is 5.10 Å². The van der Waals surface area contributed by atoms with Crippen LogP contribution in [-0.2, 0) is 35.9 Å². The molecule has 0 spiro atoms. The van der Waals surface area contributed by atoms with E-state index in [0.717, 1.165) is 30.7 Å². The molecule has 0 saturated heterocycles. The van der Waals surface area contributed by atoms with Gasteiger partial charge in [0.25, 0.3) is 5.91 Å². The van der Waals surface area contributed by atoms with Gasteiger partial charge in [-0.3, -0.25) is 9.48 Å². The molecular formula is C20H29N5O4. The van der Waals surface area contributed by atoms with Crippen molar-refractivity contribution in [3.05, 3.63) is 35.2 Å². The molecule has 0 fully saturated rings. The van der Waals surface area contributed by atoms with Crippen LogP contribution in [0.15, 0.2) is 12.5 Å². The Morgan fingerprint density at radius 2 is 2.17 bits per heavy atom. The van der Waals surface area contributed by atoms with Crippen LogP contribution in [0.1, 0.15) is 58.4 Å². The predicted octanol–water partition coefficient (Wildman–Crippen LogP) is 1.51. The number of esters is 1. The maximum absolute atomic E-state index is 12.7. The Hall–Kier alpha value is -2.68. The Morgan fingerprint density at radius 1 is 1.34 bits per heavy atom. The molecule has 0 bridgehead atoms. The molecule has 2 aromatic heterocycles. The highest BCUT2D eigenvalue weighted by Gasteiger charge is 2.23. The molecule has 0 radical (unpaired) electrons. The van der Waals surface area contributed by atoms with Gasteiger partial charge < -0.3 is 19.4 Å². The monoisotopic (exact) mass is 403 g/mol. The van der Waals surface area contributed by atoms with Gasteiger partial charge in [-0.1, -0.05) is 6.92 Å². The lowest BCUT2D eigenvalue weighted by atomic mass is 10.1. The van der Waals surface area contributed by atoms with Gasteiger partial charge in [0.1, 0.15) is 0 Å². The molecular weight excluding hydrogens is 374 g/mol. The summed E-state index contributed by atoms with van der Waals surface area (Å²) < 4.78 is 14.5. The third-order valence-corrected chi connectivity index (χ3v) is 4.81. The van der Waals surface area contributed by atoms with Gasteiger partial charge in [0.05, 0.1) is 29.9 Å². The first-order valence-electron chi connectivity index (χ1n) is 10.2. The van der Waals surface area contributed by atoms with Crippen LogP contribution < -0.4 is 5.32 Å². The number of nitrogens with zero attached hydrogens (tertiary/aromatic N) is 4. The van der Waals surface area contributed by atoms with E-state index < -0.39 is 5.97 Å². The average molecular weight is 403 g/mol. The first-order chi connectivity index (χ1) is 14.1. The third-order valence-electron chi connectivity index (χ3n) is 4.81. The Kier molecular flexibility index (Phi) is 7.40. The van der Waals surface area contributed by atoms with Crippen LogP contribution >= 0.6 is 0 Å². The number of amides is 1. The number of aryl methyl sites for hydroxylation is 3. The van der Waals surface area contributed by atoms with Crippen LogP contribution in [0.4, 0.5) is 0 Å². The van der Waals surface area contributed by atoms with E-state index in [1.165, 1.54) is 0 Å². The summed E-state index contributed by atoms with van der Waals surface area (Å²) in [7, 11) is 1.80. The molecule has 158 valence electrons. The lowest BCUT2D eigenvalue weighted by Gasteiger charge is -2.10. The largest absolute Gasteiger partial charge is 0.461 e. The van der Waals surface area contributed by atoms with E-state index in [1.54, 1.807) is 24.1 Å². The van der Waals surface area contributed by atoms with Crippen LogP contribution in [0.25, 0.3) is 0 Å². The Labute approximate surface area is 170 Å². The number of imidazole rings is 1. The molecule has 1 amide bonds. The fourth-order valence-corrected chi connectivity index (χ4v) is 3.38. The zero-order chi connectivity index (χ0) is 20.6. The van der Waals surface area contributed by atoms with Crippen LogP contribution in [-0.4, -0.2) is 57.6 Å². The number of ether oxygens (including phenoxy) is 2. The van der Waals surface area contributed by atoms with Crippen molar-refractivity contribution in [2.75, 3.05) is 26.4 Å². The van der Waals surface area contributed by atoms with Gasteiger partial charge >= 0.3 is 5.97 Å². The van der Waals surface area contributed by atoms with E-state index in [4.69, 9.17) is 9.47 Å². The Balaban J connectivity index is 1.65. The fraction of sp³-hybridized carbons (Fsp3) is 0.600. The van der Waals surface area contributed by atoms with Crippen LogP contribution in [0.2, 0.25) is 0 Å². The van der Waals surface area contributed by atoms with Crippen molar-refractivity contribution in [2.24, 2.45) is 7.05 Å². The molecule has 3 rings (SSSR count). The van der Waals surface area contributed by atoms with Gasteiger partial charge in [-0.05, 0) is 25.7 Å². The van der Waals surface area contributed by atoms with E-state index in [-0.39, 0.29) is 12.5 Å². The maximum atomic E-state index is 12.7. The molecule has 1 N–H and O–H groups in total. The molecule has 29 heavy (non-hydrogen) atoms. The van der Waals surface area contributed by atoms with Crippen molar-refractivity contribution >= 4 is 11.9 Å². The summed E-state index contributed by atoms with van der Waals surface area (Å²) in [5.41, 5.74) is 2.73. The fourth-order valence-electron chi connectivity index (χ4n) is 3.38. The van der Waals surface area contributed by atoms with E-state index >= 15 is 0 Å². The number of aromatic nitrogens is 4. The smallest absolute Gasteiger partial charge is 0.358 e. The van der Waals surface area contributed by atoms with Crippen molar-refractivity contribution in [3.8, 4) is 0 Å². The molecule has 0 aromatic carbocycles. The first kappa shape index (κ1) is 21.0. The Bertz CT molecular complexity index is 842. The number of hydrogen-bond acceptors (Lipinski definition) is 6. The van der Waals surface area contributed by atoms with Gasteiger partial charge in [0, 0.05) is 46.0 Å². The predicted molar refractivity (Wildman–Crippen MR) is 106 cm³/mol. The van der Waals surface area contributed by atoms with E-state index in [9.17, 15) is 9.59 Å². The molecule has 2 aromatic rings. The lowest BCUT2D eigenvalue weighted by Crippen LogP contribution is -2.26.